The molecule has 0 rings (SSSR count). The molecule has 0 spiro atoms. The molecule has 0 aliphatic carbocycles. The quantitative estimate of drug-likeness (QED) is 0.122. The number of hydrogen-bond acceptors (Lipinski definition) is 5. The fraction of sp³-hybridized carbons (Fsp3) is 0.926. The van der Waals surface area contributed by atoms with E-state index >= 15 is 0 Å². The Labute approximate surface area is 198 Å². The number of rotatable bonds is 24. The zero-order valence-corrected chi connectivity index (χ0v) is 21.2. The van der Waals surface area contributed by atoms with Gasteiger partial charge in [0.2, 0.25) is 0 Å². The van der Waals surface area contributed by atoms with E-state index in [1.807, 2.05) is 0 Å². The summed E-state index contributed by atoms with van der Waals surface area (Å²) in [6.45, 7) is 4.06. The topological polar surface area (TPSA) is 72.8 Å². The molecule has 0 amide bonds. The lowest BCUT2D eigenvalue weighted by Gasteiger charge is -2.15. The molecule has 0 saturated carbocycles. The van der Waals surface area contributed by atoms with Gasteiger partial charge in [-0.1, -0.05) is 117 Å². The molecule has 5 nitrogen and oxygen atoms in total. The van der Waals surface area contributed by atoms with Crippen LogP contribution in [0, 0.1) is 0 Å². The Hall–Kier alpha value is -1.10. The van der Waals surface area contributed by atoms with Crippen molar-refractivity contribution in [3.63, 3.8) is 0 Å². The Morgan fingerprint density at radius 2 is 0.969 bits per heavy atom. The number of carbonyl (C=O) groups is 2. The van der Waals surface area contributed by atoms with Crippen molar-refractivity contribution in [2.24, 2.45) is 0 Å². The molecule has 0 fully saturated rings. The van der Waals surface area contributed by atoms with Gasteiger partial charge in [-0.2, -0.15) is 0 Å². The highest BCUT2D eigenvalue weighted by molar-refractivity contribution is 5.70. The van der Waals surface area contributed by atoms with Crippen LogP contribution in [0.1, 0.15) is 142 Å². The third-order valence-corrected chi connectivity index (χ3v) is 5.90. The zero-order chi connectivity index (χ0) is 23.7. The van der Waals surface area contributed by atoms with Crippen LogP contribution in [0.15, 0.2) is 0 Å². The van der Waals surface area contributed by atoms with Crippen molar-refractivity contribution >= 4 is 11.9 Å². The Morgan fingerprint density at radius 1 is 0.594 bits per heavy atom. The summed E-state index contributed by atoms with van der Waals surface area (Å²) in [5.74, 6) is -0.596. The summed E-state index contributed by atoms with van der Waals surface area (Å²) in [7, 11) is 0. The lowest BCUT2D eigenvalue weighted by atomic mass is 10.1. The average molecular weight is 457 g/mol. The van der Waals surface area contributed by atoms with Gasteiger partial charge in [-0.15, -0.1) is 0 Å². The first-order valence-corrected chi connectivity index (χ1v) is 13.6. The summed E-state index contributed by atoms with van der Waals surface area (Å²) >= 11 is 0. The van der Waals surface area contributed by atoms with E-state index in [9.17, 15) is 14.7 Å². The second kappa shape index (κ2) is 24.5. The first-order chi connectivity index (χ1) is 15.6. The molecule has 1 atom stereocenters. The number of ether oxygens (including phenoxy) is 2. The van der Waals surface area contributed by atoms with Crippen LogP contribution in [-0.2, 0) is 19.1 Å². The normalized spacial score (nSPS) is 12.0. The molecule has 0 aromatic heterocycles. The molecule has 0 heterocycles. The van der Waals surface area contributed by atoms with Crippen LogP contribution >= 0.6 is 0 Å². The highest BCUT2D eigenvalue weighted by Crippen LogP contribution is 2.13. The highest BCUT2D eigenvalue weighted by atomic mass is 16.6. The van der Waals surface area contributed by atoms with Crippen LogP contribution in [0.3, 0.4) is 0 Å². The molecular formula is C27H52O5. The van der Waals surface area contributed by atoms with Gasteiger partial charge < -0.3 is 14.6 Å². The minimum atomic E-state index is -0.756. The summed E-state index contributed by atoms with van der Waals surface area (Å²) in [6, 6.07) is 0. The molecule has 0 saturated heterocycles. The second-order valence-corrected chi connectivity index (χ2v) is 9.13. The van der Waals surface area contributed by atoms with Crippen molar-refractivity contribution in [3.8, 4) is 0 Å². The predicted molar refractivity (Wildman–Crippen MR) is 132 cm³/mol. The summed E-state index contributed by atoms with van der Waals surface area (Å²) in [6.07, 6.45) is 21.6. The van der Waals surface area contributed by atoms with E-state index in [1.165, 1.54) is 77.0 Å². The van der Waals surface area contributed by atoms with Crippen molar-refractivity contribution in [2.75, 3.05) is 13.2 Å². The molecule has 0 bridgehead atoms. The third-order valence-electron chi connectivity index (χ3n) is 5.90. The van der Waals surface area contributed by atoms with E-state index in [1.54, 1.807) is 0 Å². The molecule has 0 aliphatic heterocycles. The first-order valence-electron chi connectivity index (χ1n) is 13.6. The van der Waals surface area contributed by atoms with Crippen LogP contribution < -0.4 is 0 Å². The van der Waals surface area contributed by atoms with Crippen LogP contribution in [0.4, 0.5) is 0 Å². The molecular weight excluding hydrogens is 404 g/mol. The lowest BCUT2D eigenvalue weighted by Crippen LogP contribution is -2.28. The van der Waals surface area contributed by atoms with Gasteiger partial charge in [0.25, 0.3) is 0 Å². The Balaban J connectivity index is 3.59. The number of aliphatic hydroxyl groups excluding tert-OH is 1. The van der Waals surface area contributed by atoms with E-state index in [0.717, 1.165) is 38.5 Å². The minimum Gasteiger partial charge on any atom is -0.462 e. The van der Waals surface area contributed by atoms with Crippen LogP contribution in [0.2, 0.25) is 0 Å². The smallest absolute Gasteiger partial charge is 0.306 e. The Kier molecular flexibility index (Phi) is 23.7. The van der Waals surface area contributed by atoms with Gasteiger partial charge in [-0.05, 0) is 12.8 Å². The zero-order valence-electron chi connectivity index (χ0n) is 21.2. The molecule has 190 valence electrons. The second-order valence-electron chi connectivity index (χ2n) is 9.13. The van der Waals surface area contributed by atoms with Crippen molar-refractivity contribution in [3.05, 3.63) is 0 Å². The maximum absolute atomic E-state index is 11.9. The minimum absolute atomic E-state index is 0.0594. The summed E-state index contributed by atoms with van der Waals surface area (Å²) in [5, 5.41) is 9.39. The van der Waals surface area contributed by atoms with E-state index in [4.69, 9.17) is 9.47 Å². The van der Waals surface area contributed by atoms with Crippen LogP contribution in [-0.4, -0.2) is 36.4 Å². The molecule has 32 heavy (non-hydrogen) atoms. The van der Waals surface area contributed by atoms with E-state index in [0.29, 0.717) is 12.8 Å². The monoisotopic (exact) mass is 456 g/mol. The molecule has 0 radical (unpaired) electrons. The molecule has 0 unspecified atom stereocenters. The molecule has 0 aromatic carbocycles. The fourth-order valence-corrected chi connectivity index (χ4v) is 3.79. The third kappa shape index (κ3) is 22.1. The maximum Gasteiger partial charge on any atom is 0.306 e. The summed E-state index contributed by atoms with van der Waals surface area (Å²) < 4.78 is 10.4. The number of unbranched alkanes of at least 4 members (excludes halogenated alkanes) is 16. The maximum atomic E-state index is 11.9. The van der Waals surface area contributed by atoms with Gasteiger partial charge in [-0.25, -0.2) is 0 Å². The molecule has 5 heteroatoms. The fourth-order valence-electron chi connectivity index (χ4n) is 3.79. The molecule has 0 aliphatic rings. The SMILES string of the molecule is CCCCCCCCCCCCCC(=O)OC[C@H](CO)OC(=O)CCCCCCCCC. The first kappa shape index (κ1) is 30.9. The lowest BCUT2D eigenvalue weighted by molar-refractivity contribution is -0.161. The molecule has 1 N–H and O–H groups in total. The predicted octanol–water partition coefficient (Wildman–Crippen LogP) is 7.28. The Bertz CT molecular complexity index is 424. The summed E-state index contributed by atoms with van der Waals surface area (Å²) in [4.78, 5) is 23.8. The van der Waals surface area contributed by atoms with E-state index in [2.05, 4.69) is 13.8 Å². The van der Waals surface area contributed by atoms with Crippen molar-refractivity contribution in [2.45, 2.75) is 148 Å². The number of aliphatic hydroxyl groups is 1. The largest absolute Gasteiger partial charge is 0.462 e. The van der Waals surface area contributed by atoms with Gasteiger partial charge in [0.1, 0.15) is 6.61 Å². The van der Waals surface area contributed by atoms with Gasteiger partial charge in [0.05, 0.1) is 6.61 Å². The van der Waals surface area contributed by atoms with Crippen molar-refractivity contribution in [1.82, 2.24) is 0 Å². The van der Waals surface area contributed by atoms with Crippen molar-refractivity contribution in [1.29, 1.82) is 0 Å². The molecule has 0 aromatic rings. The standard InChI is InChI=1S/C27H52O5/c1-3-5-7-9-11-12-13-14-16-17-19-21-26(29)31-24-25(23-28)32-27(30)22-20-18-15-10-8-6-4-2/h25,28H,3-24H2,1-2H3/t25-/m0/s1. The Morgan fingerprint density at radius 3 is 1.38 bits per heavy atom. The van der Waals surface area contributed by atoms with Gasteiger partial charge in [0.15, 0.2) is 6.10 Å². The van der Waals surface area contributed by atoms with Gasteiger partial charge in [-0.3, -0.25) is 9.59 Å². The van der Waals surface area contributed by atoms with E-state index in [-0.39, 0.29) is 25.2 Å². The highest BCUT2D eigenvalue weighted by Gasteiger charge is 2.16. The van der Waals surface area contributed by atoms with Crippen LogP contribution in [0.5, 0.6) is 0 Å². The average Bonchev–Trinajstić information content (AvgIpc) is 2.79. The number of hydrogen-bond donors (Lipinski definition) is 1. The summed E-state index contributed by atoms with van der Waals surface area (Å²) in [5.41, 5.74) is 0. The van der Waals surface area contributed by atoms with Gasteiger partial charge >= 0.3 is 11.9 Å². The number of carbonyl (C=O) groups excluding carboxylic acids is 2. The van der Waals surface area contributed by atoms with E-state index < -0.39 is 6.10 Å². The van der Waals surface area contributed by atoms with Crippen LogP contribution in [0.25, 0.3) is 0 Å². The van der Waals surface area contributed by atoms with Gasteiger partial charge in [0, 0.05) is 12.8 Å². The number of esters is 2. The van der Waals surface area contributed by atoms with Crippen molar-refractivity contribution < 1.29 is 24.2 Å².